The summed E-state index contributed by atoms with van der Waals surface area (Å²) in [4.78, 5) is 39.5. The van der Waals surface area contributed by atoms with Gasteiger partial charge in [-0.2, -0.15) is 4.40 Å². The lowest BCUT2D eigenvalue weighted by molar-refractivity contribution is -0.719. The summed E-state index contributed by atoms with van der Waals surface area (Å²) in [5.41, 5.74) is 0.598. The first kappa shape index (κ1) is 21.8. The van der Waals surface area contributed by atoms with Crippen LogP contribution in [-0.4, -0.2) is 62.4 Å². The van der Waals surface area contributed by atoms with Gasteiger partial charge in [-0.25, -0.2) is 14.2 Å². The summed E-state index contributed by atoms with van der Waals surface area (Å²) < 4.78 is 8.72. The molecule has 4 rings (SSSR count). The monoisotopic (exact) mass is 466 g/mol. The minimum atomic E-state index is -1.15. The molecule has 1 saturated heterocycles. The number of esters is 1. The van der Waals surface area contributed by atoms with Crippen LogP contribution in [0.4, 0.5) is 0 Å². The molecule has 31 heavy (non-hydrogen) atoms. The maximum absolute atomic E-state index is 12.6. The van der Waals surface area contributed by atoms with E-state index in [1.807, 2.05) is 28.3 Å². The first-order valence-electron chi connectivity index (χ1n) is 9.93. The van der Waals surface area contributed by atoms with Crippen LogP contribution >= 0.6 is 23.1 Å². The lowest BCUT2D eigenvalue weighted by atomic mass is 9.77. The standard InChI is InChI=1S/C20H23N3O6S2/c1-5-29-12(25)7-22-8-21-6-11(31-19(21)18(22)30-4)13-9(2)15-14(10(3)24)17(26)23(15)16(13)20(27)28/h6,8-10,14-15,24H,5,7H2,1-4H3/p+1/t9-,10+,14+,15+/m0/s1. The van der Waals surface area contributed by atoms with E-state index in [4.69, 9.17) is 4.74 Å². The van der Waals surface area contributed by atoms with E-state index < -0.39 is 18.0 Å². The van der Waals surface area contributed by atoms with E-state index in [9.17, 15) is 24.6 Å². The van der Waals surface area contributed by atoms with Crippen molar-refractivity contribution in [3.05, 3.63) is 23.1 Å². The number of carbonyl (C=O) groups is 3. The zero-order valence-electron chi connectivity index (χ0n) is 17.6. The number of hydrogen-bond donors (Lipinski definition) is 2. The van der Waals surface area contributed by atoms with Gasteiger partial charge in [0.25, 0.3) is 6.33 Å². The Labute approximate surface area is 186 Å². The number of thiazole rings is 1. The SMILES string of the molecule is CCOC(=O)C[n+]1cn2cc(C3=C(C(=O)O)N4C(=O)[C@H]([C@@H](C)O)[C@H]4[C@H]3C)sc2c1SC. The van der Waals surface area contributed by atoms with Crippen molar-refractivity contribution >= 4 is 51.3 Å². The molecule has 2 aliphatic heterocycles. The summed E-state index contributed by atoms with van der Waals surface area (Å²) in [6.07, 6.45) is 4.70. The maximum Gasteiger partial charge on any atom is 0.352 e. The number of nitrogens with zero attached hydrogens (tertiary/aromatic N) is 3. The maximum atomic E-state index is 12.6. The predicted octanol–water partition coefficient (Wildman–Crippen LogP) is 1.23. The number of carboxylic acid groups (broad SMARTS) is 1. The van der Waals surface area contributed by atoms with Crippen LogP contribution in [0.25, 0.3) is 10.4 Å². The number of aromatic nitrogens is 2. The molecule has 2 aromatic heterocycles. The Balaban J connectivity index is 1.76. The normalized spacial score (nSPS) is 23.8. The molecule has 0 bridgehead atoms. The highest BCUT2D eigenvalue weighted by atomic mass is 32.2. The quantitative estimate of drug-likeness (QED) is 0.273. The predicted molar refractivity (Wildman–Crippen MR) is 113 cm³/mol. The van der Waals surface area contributed by atoms with Crippen molar-refractivity contribution in [1.82, 2.24) is 9.30 Å². The van der Waals surface area contributed by atoms with E-state index in [2.05, 4.69) is 0 Å². The van der Waals surface area contributed by atoms with E-state index in [-0.39, 0.29) is 36.1 Å². The van der Waals surface area contributed by atoms with Crippen molar-refractivity contribution in [1.29, 1.82) is 0 Å². The van der Waals surface area contributed by atoms with Gasteiger partial charge in [-0.1, -0.05) is 30.0 Å². The number of hydrogen-bond acceptors (Lipinski definition) is 7. The van der Waals surface area contributed by atoms with E-state index >= 15 is 0 Å². The molecule has 2 aliphatic rings. The molecule has 0 unspecified atom stereocenters. The second kappa shape index (κ2) is 7.95. The van der Waals surface area contributed by atoms with Gasteiger partial charge < -0.3 is 19.8 Å². The van der Waals surface area contributed by atoms with Crippen LogP contribution < -0.4 is 4.57 Å². The molecule has 0 saturated carbocycles. The minimum absolute atomic E-state index is 0.00555. The lowest BCUT2D eigenvalue weighted by Crippen LogP contribution is -2.63. The average molecular weight is 467 g/mol. The molecule has 11 heteroatoms. The topological polar surface area (TPSA) is 112 Å². The summed E-state index contributed by atoms with van der Waals surface area (Å²) >= 11 is 2.91. The highest BCUT2D eigenvalue weighted by Crippen LogP contribution is 2.51. The van der Waals surface area contributed by atoms with E-state index in [0.717, 1.165) is 14.7 Å². The van der Waals surface area contributed by atoms with Crippen LogP contribution in [0.5, 0.6) is 0 Å². The number of β-lactam (4-membered cyclic amide) rings is 1. The largest absolute Gasteiger partial charge is 0.477 e. The van der Waals surface area contributed by atoms with Gasteiger partial charge in [0.15, 0.2) is 6.54 Å². The Morgan fingerprint density at radius 1 is 1.42 bits per heavy atom. The summed E-state index contributed by atoms with van der Waals surface area (Å²) in [6, 6.07) is -0.358. The summed E-state index contributed by atoms with van der Waals surface area (Å²) in [6.45, 7) is 5.63. The fourth-order valence-corrected chi connectivity index (χ4v) is 6.79. The Morgan fingerprint density at radius 2 is 2.13 bits per heavy atom. The molecule has 4 heterocycles. The Bertz CT molecular complexity index is 1120. The molecule has 0 aromatic carbocycles. The second-order valence-corrected chi connectivity index (χ2v) is 9.51. The van der Waals surface area contributed by atoms with Crippen LogP contribution in [0, 0.1) is 11.8 Å². The molecule has 0 spiro atoms. The molecule has 9 nitrogen and oxygen atoms in total. The third-order valence-corrected chi connectivity index (χ3v) is 7.93. The molecule has 1 amide bonds. The summed E-state index contributed by atoms with van der Waals surface area (Å²) in [5.74, 6) is -2.65. The van der Waals surface area contributed by atoms with E-state index in [0.29, 0.717) is 12.2 Å². The summed E-state index contributed by atoms with van der Waals surface area (Å²) in [5, 5.41) is 20.8. The number of aliphatic hydroxyl groups is 1. The van der Waals surface area contributed by atoms with Crippen molar-refractivity contribution in [2.45, 2.75) is 44.5 Å². The molecule has 4 atom stereocenters. The van der Waals surface area contributed by atoms with Crippen molar-refractivity contribution in [3.8, 4) is 0 Å². The lowest BCUT2D eigenvalue weighted by Gasteiger charge is -2.46. The van der Waals surface area contributed by atoms with Crippen molar-refractivity contribution in [2.75, 3.05) is 12.9 Å². The van der Waals surface area contributed by atoms with Gasteiger partial charge in [0.1, 0.15) is 11.9 Å². The second-order valence-electron chi connectivity index (χ2n) is 7.69. The van der Waals surface area contributed by atoms with Crippen LogP contribution in [0.2, 0.25) is 0 Å². The van der Waals surface area contributed by atoms with Gasteiger partial charge in [-0.3, -0.25) is 4.79 Å². The van der Waals surface area contributed by atoms with Crippen molar-refractivity contribution in [3.63, 3.8) is 0 Å². The summed E-state index contributed by atoms with van der Waals surface area (Å²) in [7, 11) is 0. The number of amides is 1. The smallest absolute Gasteiger partial charge is 0.352 e. The van der Waals surface area contributed by atoms with Crippen LogP contribution in [0.3, 0.4) is 0 Å². The van der Waals surface area contributed by atoms with E-state index in [1.54, 1.807) is 20.2 Å². The Morgan fingerprint density at radius 3 is 2.71 bits per heavy atom. The highest BCUT2D eigenvalue weighted by Gasteiger charge is 2.60. The van der Waals surface area contributed by atoms with Crippen LogP contribution in [-0.2, 0) is 25.7 Å². The first-order valence-corrected chi connectivity index (χ1v) is 12.0. The first-order chi connectivity index (χ1) is 14.7. The average Bonchev–Trinajstić information content (AvgIpc) is 3.28. The van der Waals surface area contributed by atoms with E-state index in [1.165, 1.54) is 28.0 Å². The number of thioether (sulfide) groups is 1. The number of fused-ring (bicyclic) bond motifs is 2. The number of carbonyl (C=O) groups excluding carboxylic acids is 2. The van der Waals surface area contributed by atoms with Gasteiger partial charge in [0.2, 0.25) is 15.8 Å². The molecular formula is C20H24N3O6S2+. The number of ether oxygens (including phenoxy) is 1. The molecular weight excluding hydrogens is 442 g/mol. The number of carboxylic acids is 1. The Hall–Kier alpha value is -2.37. The Kier molecular flexibility index (Phi) is 5.61. The van der Waals surface area contributed by atoms with Gasteiger partial charge in [0, 0.05) is 11.5 Å². The zero-order chi connectivity index (χ0) is 22.6. The molecule has 0 radical (unpaired) electrons. The third kappa shape index (κ3) is 3.26. The number of rotatable bonds is 7. The zero-order valence-corrected chi connectivity index (χ0v) is 19.2. The molecule has 1 fully saturated rings. The van der Waals surface area contributed by atoms with Crippen molar-refractivity contribution in [2.24, 2.45) is 11.8 Å². The van der Waals surface area contributed by atoms with Gasteiger partial charge >= 0.3 is 11.9 Å². The molecule has 0 aliphatic carbocycles. The third-order valence-electron chi connectivity index (χ3n) is 5.84. The number of aliphatic hydroxyl groups excluding tert-OH is 1. The molecule has 166 valence electrons. The fourth-order valence-electron chi connectivity index (χ4n) is 4.61. The van der Waals surface area contributed by atoms with Gasteiger partial charge in [0.05, 0.1) is 29.5 Å². The van der Waals surface area contributed by atoms with Crippen LogP contribution in [0.1, 0.15) is 25.6 Å². The molecule has 2 N–H and O–H groups in total. The van der Waals surface area contributed by atoms with Gasteiger partial charge in [-0.15, -0.1) is 0 Å². The van der Waals surface area contributed by atoms with Crippen molar-refractivity contribution < 1.29 is 33.9 Å². The number of aliphatic carboxylic acids is 1. The molecule has 2 aromatic rings. The number of imidazole rings is 1. The fraction of sp³-hybridized carbons (Fsp3) is 0.500. The van der Waals surface area contributed by atoms with Gasteiger partial charge in [-0.05, 0) is 20.1 Å². The highest BCUT2D eigenvalue weighted by molar-refractivity contribution is 7.98. The minimum Gasteiger partial charge on any atom is -0.477 e. The van der Waals surface area contributed by atoms with Crippen LogP contribution in [0.15, 0.2) is 23.2 Å².